The Hall–Kier alpha value is -7.52. The summed E-state index contributed by atoms with van der Waals surface area (Å²) < 4.78 is 2.65. The van der Waals surface area contributed by atoms with Gasteiger partial charge in [-0.05, 0) is 127 Å². The molecule has 0 amide bonds. The first-order chi connectivity index (χ1) is 30.2. The van der Waals surface area contributed by atoms with Crippen LogP contribution in [0.2, 0.25) is 0 Å². The zero-order valence-electron chi connectivity index (χ0n) is 33.4. The maximum Gasteiger partial charge on any atom is 0.0714 e. The van der Waals surface area contributed by atoms with E-state index in [0.717, 1.165) is 17.1 Å². The van der Waals surface area contributed by atoms with Crippen LogP contribution < -0.4 is 4.90 Å². The molecule has 61 heavy (non-hydrogen) atoms. The minimum absolute atomic E-state index is 0.503. The zero-order chi connectivity index (χ0) is 40.3. The topological polar surface area (TPSA) is 3.24 Å². The van der Waals surface area contributed by atoms with E-state index in [1.54, 1.807) is 0 Å². The second-order valence-corrected chi connectivity index (χ2v) is 17.1. The van der Waals surface area contributed by atoms with E-state index in [4.69, 9.17) is 0 Å². The van der Waals surface area contributed by atoms with E-state index < -0.39 is 5.41 Å². The molecule has 0 saturated heterocycles. The van der Waals surface area contributed by atoms with Crippen molar-refractivity contribution in [3.8, 4) is 33.4 Å². The molecule has 1 heterocycles. The van der Waals surface area contributed by atoms with Gasteiger partial charge in [-0.2, -0.15) is 0 Å². The number of rotatable bonds is 7. The van der Waals surface area contributed by atoms with Crippen molar-refractivity contribution in [3.05, 3.63) is 259 Å². The van der Waals surface area contributed by atoms with Gasteiger partial charge in [-0.25, -0.2) is 0 Å². The highest BCUT2D eigenvalue weighted by molar-refractivity contribution is 7.25. The Labute approximate surface area is 360 Å². The predicted octanol–water partition coefficient (Wildman–Crippen LogP) is 16.4. The van der Waals surface area contributed by atoms with Crippen LogP contribution in [0.3, 0.4) is 0 Å². The van der Waals surface area contributed by atoms with Crippen LogP contribution >= 0.6 is 11.3 Å². The molecule has 0 saturated carbocycles. The predicted molar refractivity (Wildman–Crippen MR) is 260 cm³/mol. The van der Waals surface area contributed by atoms with Gasteiger partial charge >= 0.3 is 0 Å². The normalized spacial score (nSPS) is 12.7. The van der Waals surface area contributed by atoms with Gasteiger partial charge in [-0.15, -0.1) is 11.3 Å². The lowest BCUT2D eigenvalue weighted by molar-refractivity contribution is 0.768. The molecule has 1 aliphatic rings. The van der Waals surface area contributed by atoms with Gasteiger partial charge in [0.1, 0.15) is 0 Å². The van der Waals surface area contributed by atoms with Crippen molar-refractivity contribution >= 4 is 59.3 Å². The third-order valence-corrected chi connectivity index (χ3v) is 13.9. The molecular weight excluding hydrogens is 755 g/mol. The summed E-state index contributed by atoms with van der Waals surface area (Å²) in [6.07, 6.45) is 0. The number of thiophene rings is 1. The molecular formula is C59H39NS. The van der Waals surface area contributed by atoms with Crippen molar-refractivity contribution in [1.29, 1.82) is 0 Å². The monoisotopic (exact) mass is 793 g/mol. The maximum absolute atomic E-state index is 2.46. The summed E-state index contributed by atoms with van der Waals surface area (Å²) in [4.78, 5) is 2.44. The molecule has 2 heteroatoms. The van der Waals surface area contributed by atoms with E-state index in [2.05, 4.69) is 241 Å². The Morgan fingerprint density at radius 1 is 0.311 bits per heavy atom. The standard InChI is InChI=1S/C59H39NS/c1-3-17-46(18-4-1)59(47-19-5-2-6-20-47)55-24-11-9-22-51(55)52-34-33-50(39-56(52)59)60(49-21-13-16-43(37-49)44-27-26-40-14-7-8-15-42(40)36-44)48-31-28-41(29-32-48)45-30-35-58-54(38-45)53-23-10-12-25-57(53)61-58/h1-39H. The number of fused-ring (bicyclic) bond motifs is 7. The molecule has 0 bridgehead atoms. The summed E-state index contributed by atoms with van der Waals surface area (Å²) in [5.74, 6) is 0. The minimum atomic E-state index is -0.503. The summed E-state index contributed by atoms with van der Waals surface area (Å²) in [6, 6.07) is 87.4. The average Bonchev–Trinajstić information content (AvgIpc) is 3.86. The van der Waals surface area contributed by atoms with Crippen LogP contribution in [0.5, 0.6) is 0 Å². The van der Waals surface area contributed by atoms with Crippen LogP contribution in [0.4, 0.5) is 17.1 Å². The fraction of sp³-hybridized carbons (Fsp3) is 0.0169. The number of nitrogens with zero attached hydrogens (tertiary/aromatic N) is 1. The molecule has 0 unspecified atom stereocenters. The summed E-state index contributed by atoms with van der Waals surface area (Å²) in [6.45, 7) is 0. The van der Waals surface area contributed by atoms with E-state index in [-0.39, 0.29) is 0 Å². The molecule has 0 fully saturated rings. The molecule has 10 aromatic carbocycles. The van der Waals surface area contributed by atoms with Crippen molar-refractivity contribution in [1.82, 2.24) is 0 Å². The molecule has 0 N–H and O–H groups in total. The average molecular weight is 794 g/mol. The SMILES string of the molecule is c1ccc(C2(c3ccccc3)c3ccccc3-c3ccc(N(c4ccc(-c5ccc6sc7ccccc7c6c5)cc4)c4cccc(-c5ccc6ccccc6c5)c4)cc32)cc1. The van der Waals surface area contributed by atoms with Crippen LogP contribution in [0.1, 0.15) is 22.3 Å². The summed E-state index contributed by atoms with van der Waals surface area (Å²) in [7, 11) is 0. The molecule has 0 spiro atoms. The van der Waals surface area contributed by atoms with E-state index in [9.17, 15) is 0 Å². The molecule has 1 aromatic heterocycles. The summed E-state index contributed by atoms with van der Waals surface area (Å²) in [5, 5.41) is 5.12. The van der Waals surface area contributed by atoms with Gasteiger partial charge < -0.3 is 4.90 Å². The first-order valence-corrected chi connectivity index (χ1v) is 21.8. The van der Waals surface area contributed by atoms with Gasteiger partial charge in [0, 0.05) is 37.2 Å². The van der Waals surface area contributed by atoms with E-state index in [1.165, 1.54) is 86.6 Å². The van der Waals surface area contributed by atoms with Crippen molar-refractivity contribution < 1.29 is 0 Å². The van der Waals surface area contributed by atoms with Gasteiger partial charge in [-0.3, -0.25) is 0 Å². The number of benzene rings is 10. The summed E-state index contributed by atoms with van der Waals surface area (Å²) in [5.41, 5.74) is 15.3. The molecule has 12 rings (SSSR count). The van der Waals surface area contributed by atoms with Crippen LogP contribution in [-0.2, 0) is 5.41 Å². The van der Waals surface area contributed by atoms with Crippen molar-refractivity contribution in [3.63, 3.8) is 0 Å². The maximum atomic E-state index is 2.46. The lowest BCUT2D eigenvalue weighted by Gasteiger charge is -2.35. The third-order valence-electron chi connectivity index (χ3n) is 12.7. The molecule has 0 radical (unpaired) electrons. The van der Waals surface area contributed by atoms with Crippen molar-refractivity contribution in [2.45, 2.75) is 5.41 Å². The fourth-order valence-electron chi connectivity index (χ4n) is 9.92. The second-order valence-electron chi connectivity index (χ2n) is 16.1. The van der Waals surface area contributed by atoms with E-state index in [1.807, 2.05) is 11.3 Å². The Kier molecular flexibility index (Phi) is 8.33. The molecule has 1 nitrogen and oxygen atoms in total. The van der Waals surface area contributed by atoms with Crippen LogP contribution in [0, 0.1) is 0 Å². The Morgan fingerprint density at radius 3 is 1.72 bits per heavy atom. The minimum Gasteiger partial charge on any atom is -0.310 e. The van der Waals surface area contributed by atoms with Crippen LogP contribution in [-0.4, -0.2) is 0 Å². The zero-order valence-corrected chi connectivity index (χ0v) is 34.2. The number of anilines is 3. The number of hydrogen-bond acceptors (Lipinski definition) is 2. The Morgan fingerprint density at radius 2 is 0.902 bits per heavy atom. The fourth-order valence-corrected chi connectivity index (χ4v) is 11.0. The second kappa shape index (κ2) is 14.3. The first kappa shape index (κ1) is 35.4. The summed E-state index contributed by atoms with van der Waals surface area (Å²) >= 11 is 1.86. The van der Waals surface area contributed by atoms with Crippen molar-refractivity contribution in [2.24, 2.45) is 0 Å². The van der Waals surface area contributed by atoms with Crippen LogP contribution in [0.25, 0.3) is 64.3 Å². The van der Waals surface area contributed by atoms with Crippen LogP contribution in [0.15, 0.2) is 237 Å². The smallest absolute Gasteiger partial charge is 0.0714 e. The van der Waals surface area contributed by atoms with Gasteiger partial charge in [0.2, 0.25) is 0 Å². The van der Waals surface area contributed by atoms with Gasteiger partial charge in [-0.1, -0.05) is 176 Å². The first-order valence-electron chi connectivity index (χ1n) is 21.0. The molecule has 0 atom stereocenters. The Balaban J connectivity index is 1.05. The number of hydrogen-bond donors (Lipinski definition) is 0. The van der Waals surface area contributed by atoms with E-state index in [0.29, 0.717) is 0 Å². The lowest BCUT2D eigenvalue weighted by atomic mass is 9.67. The third kappa shape index (κ3) is 5.75. The van der Waals surface area contributed by atoms with Gasteiger partial charge in [0.05, 0.1) is 5.41 Å². The van der Waals surface area contributed by atoms with Crippen molar-refractivity contribution in [2.75, 3.05) is 4.90 Å². The molecule has 0 aliphatic heterocycles. The molecule has 11 aromatic rings. The van der Waals surface area contributed by atoms with E-state index >= 15 is 0 Å². The largest absolute Gasteiger partial charge is 0.310 e. The quantitative estimate of drug-likeness (QED) is 0.155. The molecule has 1 aliphatic carbocycles. The highest BCUT2D eigenvalue weighted by atomic mass is 32.1. The van der Waals surface area contributed by atoms with Gasteiger partial charge in [0.15, 0.2) is 0 Å². The lowest BCUT2D eigenvalue weighted by Crippen LogP contribution is -2.28. The molecule has 286 valence electrons. The Bertz CT molecular complexity index is 3380. The highest BCUT2D eigenvalue weighted by Crippen LogP contribution is 2.57. The highest BCUT2D eigenvalue weighted by Gasteiger charge is 2.46. The van der Waals surface area contributed by atoms with Gasteiger partial charge in [0.25, 0.3) is 0 Å².